The predicted octanol–water partition coefficient (Wildman–Crippen LogP) is 2.88. The maximum Gasteiger partial charge on any atom is 0.137 e. The van der Waals surface area contributed by atoms with Crippen LogP contribution in [0.2, 0.25) is 0 Å². The summed E-state index contributed by atoms with van der Waals surface area (Å²) in [5.74, 6) is 0.805. The van der Waals surface area contributed by atoms with E-state index >= 15 is 0 Å². The highest BCUT2D eigenvalue weighted by Gasteiger charge is 1.98. The lowest BCUT2D eigenvalue weighted by Crippen LogP contribution is -2.15. The molecule has 0 amide bonds. The van der Waals surface area contributed by atoms with Gasteiger partial charge in [-0.25, -0.2) is 0 Å². The number of rotatable bonds is 7. The van der Waals surface area contributed by atoms with Crippen molar-refractivity contribution in [3.8, 4) is 5.75 Å². The lowest BCUT2D eigenvalue weighted by Gasteiger charge is -2.05. The first kappa shape index (κ1) is 13.7. The van der Waals surface area contributed by atoms with Crippen LogP contribution in [0.15, 0.2) is 24.5 Å². The van der Waals surface area contributed by atoms with Gasteiger partial charge in [-0.15, -0.1) is 0 Å². The smallest absolute Gasteiger partial charge is 0.137 e. The van der Waals surface area contributed by atoms with Crippen molar-refractivity contribution in [1.29, 1.82) is 0 Å². The molecule has 1 aromatic rings. The van der Waals surface area contributed by atoms with E-state index in [-0.39, 0.29) is 0 Å². The number of hydrogen-bond donors (Lipinski definition) is 1. The van der Waals surface area contributed by atoms with Crippen molar-refractivity contribution in [2.24, 2.45) is 0 Å². The number of allylic oxidation sites excluding steroid dienone is 1. The summed E-state index contributed by atoms with van der Waals surface area (Å²) < 4.78 is 5.16. The molecule has 0 aromatic carbocycles. The highest BCUT2D eigenvalue weighted by atomic mass is 16.5. The van der Waals surface area contributed by atoms with Gasteiger partial charge in [0.15, 0.2) is 0 Å². The highest BCUT2D eigenvalue weighted by molar-refractivity contribution is 5.63. The van der Waals surface area contributed by atoms with Crippen LogP contribution in [0.25, 0.3) is 5.57 Å². The third-order valence-corrected chi connectivity index (χ3v) is 2.60. The molecule has 3 heteroatoms. The van der Waals surface area contributed by atoms with Crippen molar-refractivity contribution in [3.63, 3.8) is 0 Å². The number of aromatic nitrogens is 1. The van der Waals surface area contributed by atoms with Gasteiger partial charge in [-0.05, 0) is 50.1 Å². The zero-order valence-corrected chi connectivity index (χ0v) is 11.0. The summed E-state index contributed by atoms with van der Waals surface area (Å²) in [5.41, 5.74) is 2.37. The predicted molar refractivity (Wildman–Crippen MR) is 72.2 cm³/mol. The number of ether oxygens (including phenoxy) is 1. The van der Waals surface area contributed by atoms with Crippen LogP contribution in [0, 0.1) is 0 Å². The summed E-state index contributed by atoms with van der Waals surface area (Å²) in [6.45, 7) is 6.41. The molecule has 1 N–H and O–H groups in total. The number of hydrogen-bond acceptors (Lipinski definition) is 3. The first-order chi connectivity index (χ1) is 8.27. The molecule has 0 atom stereocenters. The molecule has 0 radical (unpaired) electrons. The molecule has 3 nitrogen and oxygen atoms in total. The number of nitrogens with one attached hydrogen (secondary N) is 1. The Morgan fingerprint density at radius 2 is 2.24 bits per heavy atom. The van der Waals surface area contributed by atoms with Crippen LogP contribution >= 0.6 is 0 Å². The molecule has 17 heavy (non-hydrogen) atoms. The van der Waals surface area contributed by atoms with Gasteiger partial charge in [0.05, 0.1) is 13.3 Å². The zero-order chi connectivity index (χ0) is 12.5. The van der Waals surface area contributed by atoms with Crippen molar-refractivity contribution in [2.45, 2.75) is 26.7 Å². The second-order valence-electron chi connectivity index (χ2n) is 4.04. The van der Waals surface area contributed by atoms with Gasteiger partial charge in [0.25, 0.3) is 0 Å². The van der Waals surface area contributed by atoms with Crippen molar-refractivity contribution in [3.05, 3.63) is 30.1 Å². The summed E-state index contributed by atoms with van der Waals surface area (Å²) >= 11 is 0. The SMILES string of the molecule is CCCNCC/C=C(/C)c1cncc(OC)c1. The van der Waals surface area contributed by atoms with Gasteiger partial charge >= 0.3 is 0 Å². The van der Waals surface area contributed by atoms with Gasteiger partial charge in [-0.1, -0.05) is 13.0 Å². The van der Waals surface area contributed by atoms with Gasteiger partial charge < -0.3 is 10.1 Å². The fourth-order valence-corrected chi connectivity index (χ4v) is 1.56. The van der Waals surface area contributed by atoms with E-state index in [4.69, 9.17) is 4.74 Å². The third-order valence-electron chi connectivity index (χ3n) is 2.60. The van der Waals surface area contributed by atoms with Crippen LogP contribution in [-0.2, 0) is 0 Å². The zero-order valence-electron chi connectivity index (χ0n) is 11.0. The second-order valence-corrected chi connectivity index (χ2v) is 4.04. The van der Waals surface area contributed by atoms with Gasteiger partial charge in [0.1, 0.15) is 5.75 Å². The maximum atomic E-state index is 5.16. The van der Waals surface area contributed by atoms with E-state index in [0.29, 0.717) is 0 Å². The molecule has 94 valence electrons. The molecule has 0 unspecified atom stereocenters. The lowest BCUT2D eigenvalue weighted by molar-refractivity contribution is 0.412. The fourth-order valence-electron chi connectivity index (χ4n) is 1.56. The Morgan fingerprint density at radius 1 is 1.41 bits per heavy atom. The summed E-state index contributed by atoms with van der Waals surface area (Å²) in [4.78, 5) is 4.15. The molecular weight excluding hydrogens is 212 g/mol. The van der Waals surface area contributed by atoms with E-state index in [0.717, 1.165) is 30.8 Å². The molecule has 0 bridgehead atoms. The Bertz CT molecular complexity index is 361. The summed E-state index contributed by atoms with van der Waals surface area (Å²) in [7, 11) is 1.66. The second kappa shape index (κ2) is 7.85. The standard InChI is InChI=1S/C14H22N2O/c1-4-7-15-8-5-6-12(2)13-9-14(17-3)11-16-10-13/h6,9-11,15H,4-5,7-8H2,1-3H3/b12-6-. The maximum absolute atomic E-state index is 5.16. The summed E-state index contributed by atoms with van der Waals surface area (Å²) in [6, 6.07) is 2.01. The molecule has 0 saturated heterocycles. The van der Waals surface area contributed by atoms with E-state index in [1.165, 1.54) is 12.0 Å². The van der Waals surface area contributed by atoms with Crippen LogP contribution in [-0.4, -0.2) is 25.2 Å². The van der Waals surface area contributed by atoms with E-state index in [9.17, 15) is 0 Å². The van der Waals surface area contributed by atoms with Crippen LogP contribution in [0.5, 0.6) is 5.75 Å². The Hall–Kier alpha value is -1.35. The minimum atomic E-state index is 0.805. The monoisotopic (exact) mass is 234 g/mol. The lowest BCUT2D eigenvalue weighted by atomic mass is 10.1. The van der Waals surface area contributed by atoms with Crippen molar-refractivity contribution >= 4 is 5.57 Å². The molecule has 0 aliphatic rings. The van der Waals surface area contributed by atoms with Gasteiger partial charge in [-0.3, -0.25) is 4.98 Å². The largest absolute Gasteiger partial charge is 0.495 e. The first-order valence-corrected chi connectivity index (χ1v) is 6.14. The topological polar surface area (TPSA) is 34.2 Å². The molecule has 1 aromatic heterocycles. The Labute approximate surface area is 104 Å². The molecule has 0 saturated carbocycles. The minimum absolute atomic E-state index is 0.805. The molecule has 0 spiro atoms. The van der Waals surface area contributed by atoms with Crippen molar-refractivity contribution in [2.75, 3.05) is 20.2 Å². The van der Waals surface area contributed by atoms with Gasteiger partial charge in [-0.2, -0.15) is 0 Å². The molecule has 1 rings (SSSR count). The average Bonchev–Trinajstić information content (AvgIpc) is 2.38. The van der Waals surface area contributed by atoms with Crippen LogP contribution in [0.3, 0.4) is 0 Å². The first-order valence-electron chi connectivity index (χ1n) is 6.14. The Balaban J connectivity index is 2.49. The molecule has 0 aliphatic carbocycles. The number of nitrogens with zero attached hydrogens (tertiary/aromatic N) is 1. The Morgan fingerprint density at radius 3 is 2.94 bits per heavy atom. The van der Waals surface area contributed by atoms with Gasteiger partial charge in [0.2, 0.25) is 0 Å². The van der Waals surface area contributed by atoms with Crippen LogP contribution < -0.4 is 10.1 Å². The normalized spacial score (nSPS) is 11.6. The average molecular weight is 234 g/mol. The third kappa shape index (κ3) is 5.00. The van der Waals surface area contributed by atoms with Crippen LogP contribution in [0.1, 0.15) is 32.3 Å². The number of methoxy groups -OCH3 is 1. The van der Waals surface area contributed by atoms with E-state index in [2.05, 4.69) is 30.2 Å². The van der Waals surface area contributed by atoms with Gasteiger partial charge in [0, 0.05) is 6.20 Å². The van der Waals surface area contributed by atoms with E-state index < -0.39 is 0 Å². The molecule has 0 fully saturated rings. The van der Waals surface area contributed by atoms with Crippen molar-refractivity contribution in [1.82, 2.24) is 10.3 Å². The molecule has 0 aliphatic heterocycles. The van der Waals surface area contributed by atoms with E-state index in [1.807, 2.05) is 12.3 Å². The summed E-state index contributed by atoms with van der Waals surface area (Å²) in [5, 5.41) is 3.38. The summed E-state index contributed by atoms with van der Waals surface area (Å²) in [6.07, 6.45) is 8.05. The van der Waals surface area contributed by atoms with Crippen LogP contribution in [0.4, 0.5) is 0 Å². The molecule has 1 heterocycles. The quantitative estimate of drug-likeness (QED) is 0.737. The van der Waals surface area contributed by atoms with E-state index in [1.54, 1.807) is 13.3 Å². The minimum Gasteiger partial charge on any atom is -0.495 e. The Kier molecular flexibility index (Phi) is 6.33. The van der Waals surface area contributed by atoms with Crippen molar-refractivity contribution < 1.29 is 4.74 Å². The fraction of sp³-hybridized carbons (Fsp3) is 0.500. The molecular formula is C14H22N2O. The highest BCUT2D eigenvalue weighted by Crippen LogP contribution is 2.18. The number of pyridine rings is 1.